The third-order valence-electron chi connectivity index (χ3n) is 4.17. The van der Waals surface area contributed by atoms with Gasteiger partial charge in [0.05, 0.1) is 0 Å². The van der Waals surface area contributed by atoms with E-state index in [1.807, 2.05) is 0 Å². The van der Waals surface area contributed by atoms with Crippen LogP contribution in [0.3, 0.4) is 0 Å². The van der Waals surface area contributed by atoms with Crippen LogP contribution in [0.1, 0.15) is 47.1 Å². The van der Waals surface area contributed by atoms with E-state index in [0.29, 0.717) is 22.4 Å². The van der Waals surface area contributed by atoms with Gasteiger partial charge in [-0.3, -0.25) is 0 Å². The lowest BCUT2D eigenvalue weighted by Gasteiger charge is -2.42. The minimum atomic E-state index is -1.98. The first-order valence-electron chi connectivity index (χ1n) is 7.35. The van der Waals surface area contributed by atoms with Gasteiger partial charge in [0.2, 0.25) is 0 Å². The van der Waals surface area contributed by atoms with Gasteiger partial charge in [-0.15, -0.1) is 0 Å². The van der Waals surface area contributed by atoms with Crippen molar-refractivity contribution in [3.63, 3.8) is 0 Å². The van der Waals surface area contributed by atoms with Crippen LogP contribution >= 0.6 is 0 Å². The van der Waals surface area contributed by atoms with Gasteiger partial charge in [-0.2, -0.15) is 0 Å². The molecule has 0 saturated heterocycles. The van der Waals surface area contributed by atoms with Crippen molar-refractivity contribution in [2.45, 2.75) is 58.2 Å². The van der Waals surface area contributed by atoms with Crippen LogP contribution in [0.25, 0.3) is 5.76 Å². The predicted octanol–water partition coefficient (Wildman–Crippen LogP) is 5.99. The van der Waals surface area contributed by atoms with Crippen LogP contribution in [0.5, 0.6) is 0 Å². The highest BCUT2D eigenvalue weighted by atomic mass is 28.4. The zero-order valence-electron chi connectivity index (χ0n) is 13.5. The number of hydrogen-bond acceptors (Lipinski definition) is 1. The highest BCUT2D eigenvalue weighted by molar-refractivity contribution is 6.78. The third-order valence-corrected chi connectivity index (χ3v) is 10.2. The molecule has 0 N–H and O–H groups in total. The summed E-state index contributed by atoms with van der Waals surface area (Å²) in [6, 6.07) is 6.37. The van der Waals surface area contributed by atoms with Crippen molar-refractivity contribution in [1.82, 2.24) is 0 Å². The lowest BCUT2D eigenvalue weighted by atomic mass is 10.2. The summed E-state index contributed by atoms with van der Waals surface area (Å²) in [6.45, 7) is 17.5. The van der Waals surface area contributed by atoms with E-state index in [-0.39, 0.29) is 5.82 Å². The summed E-state index contributed by atoms with van der Waals surface area (Å²) < 4.78 is 19.5. The molecule has 0 aliphatic carbocycles. The maximum absolute atomic E-state index is 13.0. The first-order chi connectivity index (χ1) is 9.21. The fraction of sp³-hybridized carbons (Fsp3) is 0.529. The number of halogens is 1. The second-order valence-corrected chi connectivity index (χ2v) is 11.7. The van der Waals surface area contributed by atoms with Gasteiger partial charge in [-0.1, -0.05) is 48.1 Å². The molecule has 0 amide bonds. The van der Waals surface area contributed by atoms with E-state index in [9.17, 15) is 4.39 Å². The Morgan fingerprint density at radius 2 is 1.35 bits per heavy atom. The van der Waals surface area contributed by atoms with E-state index < -0.39 is 8.32 Å². The smallest absolute Gasteiger partial charge is 0.258 e. The van der Waals surface area contributed by atoms with Crippen LogP contribution in [0, 0.1) is 5.82 Å². The zero-order valence-corrected chi connectivity index (χ0v) is 14.5. The highest BCUT2D eigenvalue weighted by Gasteiger charge is 2.47. The van der Waals surface area contributed by atoms with Gasteiger partial charge in [-0.05, 0) is 40.9 Å². The molecule has 0 fully saturated rings. The summed E-state index contributed by atoms with van der Waals surface area (Å²) >= 11 is 0. The van der Waals surface area contributed by atoms with Crippen molar-refractivity contribution in [2.24, 2.45) is 0 Å². The second-order valence-electron chi connectivity index (χ2n) is 6.35. The molecule has 3 heteroatoms. The summed E-state index contributed by atoms with van der Waals surface area (Å²) in [4.78, 5) is 0. The van der Waals surface area contributed by atoms with Gasteiger partial charge in [0, 0.05) is 5.56 Å². The van der Waals surface area contributed by atoms with Crippen LogP contribution in [0.15, 0.2) is 30.8 Å². The van der Waals surface area contributed by atoms with E-state index in [2.05, 4.69) is 48.1 Å². The van der Waals surface area contributed by atoms with Gasteiger partial charge in [0.15, 0.2) is 0 Å². The quantitative estimate of drug-likeness (QED) is 0.462. The van der Waals surface area contributed by atoms with Crippen LogP contribution in [-0.2, 0) is 4.43 Å². The van der Waals surface area contributed by atoms with Crippen LogP contribution < -0.4 is 0 Å². The van der Waals surface area contributed by atoms with Crippen molar-refractivity contribution in [2.75, 3.05) is 0 Å². The average Bonchev–Trinajstić information content (AvgIpc) is 2.35. The molecule has 0 unspecified atom stereocenters. The molecule has 1 rings (SSSR count). The van der Waals surface area contributed by atoms with Gasteiger partial charge < -0.3 is 4.43 Å². The van der Waals surface area contributed by atoms with Gasteiger partial charge >= 0.3 is 0 Å². The van der Waals surface area contributed by atoms with Crippen LogP contribution in [0.2, 0.25) is 16.6 Å². The molecule has 0 aliphatic heterocycles. The van der Waals surface area contributed by atoms with Crippen molar-refractivity contribution in [3.05, 3.63) is 42.2 Å². The first kappa shape index (κ1) is 17.0. The summed E-state index contributed by atoms with van der Waals surface area (Å²) in [5.41, 5.74) is 2.37. The average molecular weight is 294 g/mol. The van der Waals surface area contributed by atoms with E-state index in [1.54, 1.807) is 12.1 Å². The van der Waals surface area contributed by atoms with Crippen LogP contribution in [0.4, 0.5) is 4.39 Å². The third kappa shape index (κ3) is 3.32. The van der Waals surface area contributed by atoms with E-state index in [1.165, 1.54) is 12.1 Å². The van der Waals surface area contributed by atoms with E-state index >= 15 is 0 Å². The molecule has 0 radical (unpaired) electrons. The molecule has 0 aromatic heterocycles. The molecule has 1 nitrogen and oxygen atoms in total. The van der Waals surface area contributed by atoms with Crippen molar-refractivity contribution >= 4 is 14.1 Å². The summed E-state index contributed by atoms with van der Waals surface area (Å²) in [7, 11) is -1.98. The molecular weight excluding hydrogens is 267 g/mol. The Morgan fingerprint density at radius 1 is 0.950 bits per heavy atom. The van der Waals surface area contributed by atoms with Crippen molar-refractivity contribution < 1.29 is 8.82 Å². The Labute approximate surface area is 124 Å². The van der Waals surface area contributed by atoms with Gasteiger partial charge in [0.1, 0.15) is 11.6 Å². The van der Waals surface area contributed by atoms with Gasteiger partial charge in [-0.25, -0.2) is 4.39 Å². The largest absolute Gasteiger partial charge is 0.543 e. The second kappa shape index (κ2) is 6.57. The Hall–Kier alpha value is -1.09. The van der Waals surface area contributed by atoms with Crippen LogP contribution in [-0.4, -0.2) is 8.32 Å². The normalized spacial score (nSPS) is 12.3. The Kier molecular flexibility index (Phi) is 5.57. The molecule has 0 bridgehead atoms. The molecule has 112 valence electrons. The van der Waals surface area contributed by atoms with Crippen molar-refractivity contribution in [3.8, 4) is 0 Å². The molecular formula is C17H27FOSi. The molecule has 0 aliphatic rings. The van der Waals surface area contributed by atoms with Crippen molar-refractivity contribution in [1.29, 1.82) is 0 Å². The summed E-state index contributed by atoms with van der Waals surface area (Å²) in [5, 5.41) is 0. The molecule has 1 aromatic carbocycles. The Bertz CT molecular complexity index is 427. The summed E-state index contributed by atoms with van der Waals surface area (Å²) in [5.74, 6) is 0.439. The zero-order chi connectivity index (χ0) is 15.5. The Balaban J connectivity index is 3.07. The Morgan fingerprint density at radius 3 is 1.70 bits per heavy atom. The molecule has 0 heterocycles. The minimum absolute atomic E-state index is 0.235. The molecule has 0 saturated carbocycles. The lowest BCUT2D eigenvalue weighted by Crippen LogP contribution is -2.47. The highest BCUT2D eigenvalue weighted by Crippen LogP contribution is 2.44. The predicted molar refractivity (Wildman–Crippen MR) is 87.6 cm³/mol. The van der Waals surface area contributed by atoms with E-state index in [0.717, 1.165) is 5.56 Å². The van der Waals surface area contributed by atoms with E-state index in [4.69, 9.17) is 4.43 Å². The molecule has 20 heavy (non-hydrogen) atoms. The number of rotatable bonds is 6. The maximum Gasteiger partial charge on any atom is 0.258 e. The molecule has 1 aromatic rings. The minimum Gasteiger partial charge on any atom is -0.543 e. The molecule has 0 atom stereocenters. The maximum atomic E-state index is 13.0. The van der Waals surface area contributed by atoms with Gasteiger partial charge in [0.25, 0.3) is 8.32 Å². The topological polar surface area (TPSA) is 9.23 Å². The first-order valence-corrected chi connectivity index (χ1v) is 9.49. The SMILES string of the molecule is C=C(O[Si](C(C)C)(C(C)C)C(C)C)c1ccc(F)cc1. The standard InChI is InChI=1S/C17H27FOSi/c1-12(2)20(13(3)4,14(5)6)19-15(7)16-8-10-17(18)11-9-16/h8-14H,7H2,1-6H3. The fourth-order valence-electron chi connectivity index (χ4n) is 3.26. The summed E-state index contributed by atoms with van der Waals surface area (Å²) in [6.07, 6.45) is 0. The molecule has 0 spiro atoms. The number of benzene rings is 1. The fourth-order valence-corrected chi connectivity index (χ4v) is 8.51. The monoisotopic (exact) mass is 294 g/mol. The lowest BCUT2D eigenvalue weighted by molar-refractivity contribution is 0.445. The number of hydrogen-bond donors (Lipinski definition) is 0.